The van der Waals surface area contributed by atoms with Crippen molar-refractivity contribution in [1.29, 1.82) is 0 Å². The van der Waals surface area contributed by atoms with Gasteiger partial charge in [0.1, 0.15) is 10.6 Å². The van der Waals surface area contributed by atoms with Gasteiger partial charge in [0.15, 0.2) is 23.3 Å². The third kappa shape index (κ3) is 4.30. The Kier molecular flexibility index (Phi) is 5.39. The highest BCUT2D eigenvalue weighted by Gasteiger charge is 2.31. The van der Waals surface area contributed by atoms with Gasteiger partial charge < -0.3 is 9.88 Å². The lowest BCUT2D eigenvalue weighted by molar-refractivity contribution is 0.101. The molecule has 0 fully saturated rings. The van der Waals surface area contributed by atoms with Gasteiger partial charge in [0.2, 0.25) is 10.0 Å². The van der Waals surface area contributed by atoms with E-state index in [0.717, 1.165) is 16.8 Å². The molecule has 0 spiro atoms. The van der Waals surface area contributed by atoms with E-state index in [1.165, 1.54) is 7.05 Å². The first kappa shape index (κ1) is 20.9. The fourth-order valence-corrected chi connectivity index (χ4v) is 3.82. The van der Waals surface area contributed by atoms with E-state index in [4.69, 9.17) is 0 Å². The summed E-state index contributed by atoms with van der Waals surface area (Å²) in [5, 5.41) is 1.89. The van der Waals surface area contributed by atoms with Crippen LogP contribution in [0, 0.1) is 23.3 Å². The lowest BCUT2D eigenvalue weighted by Crippen LogP contribution is -2.40. The number of hydrogen-bond acceptors (Lipinski definition) is 3. The molecule has 0 radical (unpaired) electrons. The van der Waals surface area contributed by atoms with Gasteiger partial charge in [0.05, 0.1) is 5.69 Å². The molecule has 2 aromatic rings. The SMILES string of the molecule is Cn1cc(S(=O)(=O)NC(C)(C)C)c(F)c1C(=O)Nc1ccc(F)c(F)c1F. The summed E-state index contributed by atoms with van der Waals surface area (Å²) in [6.07, 6.45) is 0.875. The second-order valence-corrected chi connectivity index (χ2v) is 8.45. The summed E-state index contributed by atoms with van der Waals surface area (Å²) < 4.78 is 82.3. The molecule has 0 aliphatic carbocycles. The Morgan fingerprint density at radius 3 is 2.19 bits per heavy atom. The first-order valence-corrected chi connectivity index (χ1v) is 9.06. The molecule has 27 heavy (non-hydrogen) atoms. The minimum Gasteiger partial charge on any atom is -0.343 e. The lowest BCUT2D eigenvalue weighted by Gasteiger charge is -2.19. The maximum atomic E-state index is 14.6. The van der Waals surface area contributed by atoms with Crippen molar-refractivity contribution in [2.24, 2.45) is 7.05 Å². The number of rotatable bonds is 4. The first-order valence-electron chi connectivity index (χ1n) is 7.58. The fourth-order valence-electron chi connectivity index (χ4n) is 2.28. The van der Waals surface area contributed by atoms with Crippen molar-refractivity contribution >= 4 is 21.6 Å². The first-order chi connectivity index (χ1) is 12.2. The number of nitrogens with one attached hydrogen (secondary N) is 2. The van der Waals surface area contributed by atoms with Gasteiger partial charge >= 0.3 is 0 Å². The van der Waals surface area contributed by atoms with E-state index in [1.807, 2.05) is 5.32 Å². The molecule has 1 amide bonds. The topological polar surface area (TPSA) is 80.2 Å². The molecule has 1 aromatic heterocycles. The van der Waals surface area contributed by atoms with Gasteiger partial charge in [-0.15, -0.1) is 0 Å². The number of halogens is 4. The molecule has 0 aliphatic rings. The van der Waals surface area contributed by atoms with Gasteiger partial charge in [-0.2, -0.15) is 0 Å². The van der Waals surface area contributed by atoms with Gasteiger partial charge in [0.25, 0.3) is 5.91 Å². The summed E-state index contributed by atoms with van der Waals surface area (Å²) in [4.78, 5) is 11.5. The van der Waals surface area contributed by atoms with E-state index in [9.17, 15) is 30.8 Å². The Balaban J connectivity index is 2.42. The molecule has 0 aliphatic heterocycles. The number of carbonyl (C=O) groups excluding carboxylic acids is 1. The number of anilines is 1. The largest absolute Gasteiger partial charge is 0.343 e. The van der Waals surface area contributed by atoms with Gasteiger partial charge in [-0.05, 0) is 32.9 Å². The molecular weight excluding hydrogens is 390 g/mol. The van der Waals surface area contributed by atoms with Crippen molar-refractivity contribution in [3.05, 3.63) is 47.3 Å². The van der Waals surface area contributed by atoms with Crippen LogP contribution in [0.25, 0.3) is 0 Å². The summed E-state index contributed by atoms with van der Waals surface area (Å²) in [6, 6.07) is 1.34. The monoisotopic (exact) mass is 407 g/mol. The highest BCUT2D eigenvalue weighted by molar-refractivity contribution is 7.89. The Labute approximate surface area is 153 Å². The average Bonchev–Trinajstić information content (AvgIpc) is 2.81. The molecule has 148 valence electrons. The van der Waals surface area contributed by atoms with Crippen LogP contribution in [-0.2, 0) is 17.1 Å². The summed E-state index contributed by atoms with van der Waals surface area (Å²) >= 11 is 0. The second kappa shape index (κ2) is 6.97. The molecule has 0 saturated carbocycles. The van der Waals surface area contributed by atoms with Gasteiger partial charge in [-0.25, -0.2) is 30.7 Å². The Morgan fingerprint density at radius 1 is 1.04 bits per heavy atom. The molecule has 0 bridgehead atoms. The van der Waals surface area contributed by atoms with E-state index < -0.39 is 61.0 Å². The fraction of sp³-hybridized carbons (Fsp3) is 0.312. The highest BCUT2D eigenvalue weighted by Crippen LogP contribution is 2.24. The summed E-state index contributed by atoms with van der Waals surface area (Å²) in [5.74, 6) is -7.54. The van der Waals surface area contributed by atoms with Gasteiger partial charge in [-0.3, -0.25) is 4.79 Å². The van der Waals surface area contributed by atoms with Crippen molar-refractivity contribution in [3.8, 4) is 0 Å². The molecular formula is C16H17F4N3O3S. The number of nitrogens with zero attached hydrogens (tertiary/aromatic N) is 1. The number of amides is 1. The highest BCUT2D eigenvalue weighted by atomic mass is 32.2. The van der Waals surface area contributed by atoms with Crippen LogP contribution in [0.15, 0.2) is 23.2 Å². The van der Waals surface area contributed by atoms with Crippen LogP contribution in [0.2, 0.25) is 0 Å². The maximum Gasteiger partial charge on any atom is 0.275 e. The lowest BCUT2D eigenvalue weighted by atomic mass is 10.1. The second-order valence-electron chi connectivity index (χ2n) is 6.80. The number of aromatic nitrogens is 1. The Bertz CT molecular complexity index is 1010. The third-order valence-corrected chi connectivity index (χ3v) is 5.06. The predicted octanol–water partition coefficient (Wildman–Crippen LogP) is 2.91. The molecule has 1 heterocycles. The van der Waals surface area contributed by atoms with Crippen LogP contribution in [0.5, 0.6) is 0 Å². The molecule has 0 unspecified atom stereocenters. The minimum atomic E-state index is -4.29. The molecule has 11 heteroatoms. The molecule has 6 nitrogen and oxygen atoms in total. The van der Waals surface area contributed by atoms with Gasteiger partial charge in [0, 0.05) is 18.8 Å². The normalized spacial score (nSPS) is 12.3. The van der Waals surface area contributed by atoms with Crippen LogP contribution >= 0.6 is 0 Å². The number of hydrogen-bond donors (Lipinski definition) is 2. The number of sulfonamides is 1. The van der Waals surface area contributed by atoms with Crippen molar-refractivity contribution < 1.29 is 30.8 Å². The predicted molar refractivity (Wildman–Crippen MR) is 89.7 cm³/mol. The minimum absolute atomic E-state index is 0.582. The van der Waals surface area contributed by atoms with Gasteiger partial charge in [-0.1, -0.05) is 0 Å². The smallest absolute Gasteiger partial charge is 0.275 e. The van der Waals surface area contributed by atoms with Crippen LogP contribution < -0.4 is 10.0 Å². The third-order valence-electron chi connectivity index (χ3n) is 3.32. The Hall–Kier alpha value is -2.40. The van der Waals surface area contributed by atoms with E-state index in [2.05, 4.69) is 4.72 Å². The van der Waals surface area contributed by atoms with E-state index >= 15 is 0 Å². The number of carbonyl (C=O) groups is 1. The number of benzene rings is 1. The average molecular weight is 407 g/mol. The zero-order valence-electron chi connectivity index (χ0n) is 14.8. The zero-order valence-corrected chi connectivity index (χ0v) is 15.6. The van der Waals surface area contributed by atoms with E-state index in [1.54, 1.807) is 20.8 Å². The molecule has 0 saturated heterocycles. The summed E-state index contributed by atoms with van der Waals surface area (Å²) in [7, 11) is -3.08. The quantitative estimate of drug-likeness (QED) is 0.604. The summed E-state index contributed by atoms with van der Waals surface area (Å²) in [6.45, 7) is 4.64. The Morgan fingerprint density at radius 2 is 1.63 bits per heavy atom. The zero-order chi connectivity index (χ0) is 20.7. The molecule has 1 aromatic carbocycles. The van der Waals surface area contributed by atoms with Crippen molar-refractivity contribution in [3.63, 3.8) is 0 Å². The van der Waals surface area contributed by atoms with Crippen molar-refractivity contribution in [1.82, 2.24) is 9.29 Å². The standard InChI is InChI=1S/C16H17F4N3O3S/c1-16(2,3)22-27(25,26)10-7-23(4)14(13(10)20)15(24)21-9-6-5-8(17)11(18)12(9)19/h5-7,22H,1-4H3,(H,21,24). The molecule has 2 N–H and O–H groups in total. The van der Waals surface area contributed by atoms with Crippen LogP contribution in [0.3, 0.4) is 0 Å². The van der Waals surface area contributed by atoms with E-state index in [-0.39, 0.29) is 0 Å². The number of aryl methyl sites for hydroxylation is 1. The van der Waals surface area contributed by atoms with Crippen molar-refractivity contribution in [2.45, 2.75) is 31.2 Å². The van der Waals surface area contributed by atoms with Crippen LogP contribution in [0.1, 0.15) is 31.3 Å². The molecule has 0 atom stereocenters. The van der Waals surface area contributed by atoms with Crippen LogP contribution in [0.4, 0.5) is 23.2 Å². The van der Waals surface area contributed by atoms with E-state index in [0.29, 0.717) is 6.07 Å². The van der Waals surface area contributed by atoms with Crippen LogP contribution in [-0.4, -0.2) is 24.4 Å². The molecule has 2 rings (SSSR count). The maximum absolute atomic E-state index is 14.6. The summed E-state index contributed by atoms with van der Waals surface area (Å²) in [5.41, 5.74) is -2.36. The van der Waals surface area contributed by atoms with Crippen molar-refractivity contribution in [2.75, 3.05) is 5.32 Å².